The van der Waals surface area contributed by atoms with E-state index in [1.165, 1.54) is 12.1 Å². The van der Waals surface area contributed by atoms with Gasteiger partial charge in [-0.2, -0.15) is 0 Å². The molecule has 1 amide bonds. The van der Waals surface area contributed by atoms with Gasteiger partial charge in [-0.15, -0.1) is 6.58 Å². The van der Waals surface area contributed by atoms with Crippen LogP contribution in [0.5, 0.6) is 5.75 Å². The molecule has 2 N–H and O–H groups in total. The Labute approximate surface area is 131 Å². The number of hydrogen-bond donors (Lipinski definition) is 2. The Morgan fingerprint density at radius 1 is 1.50 bits per heavy atom. The van der Waals surface area contributed by atoms with Crippen molar-refractivity contribution in [1.82, 2.24) is 5.32 Å². The van der Waals surface area contributed by atoms with Crippen molar-refractivity contribution in [2.45, 2.75) is 6.04 Å². The molecular weight excluding hydrogens is 317 g/mol. The number of nitrogens with one attached hydrogen (secondary N) is 1. The summed E-state index contributed by atoms with van der Waals surface area (Å²) < 4.78 is 22.9. The van der Waals surface area contributed by atoms with E-state index in [9.17, 15) is 14.0 Å². The Kier molecular flexibility index (Phi) is 7.34. The van der Waals surface area contributed by atoms with E-state index in [4.69, 9.17) is 26.2 Å². The van der Waals surface area contributed by atoms with Crippen molar-refractivity contribution in [2.75, 3.05) is 19.8 Å². The van der Waals surface area contributed by atoms with Crippen LogP contribution in [-0.4, -0.2) is 42.8 Å². The first-order valence-corrected chi connectivity index (χ1v) is 6.60. The molecule has 1 atom stereocenters. The van der Waals surface area contributed by atoms with E-state index in [2.05, 4.69) is 11.9 Å². The van der Waals surface area contributed by atoms with E-state index in [1.54, 1.807) is 0 Å². The first-order valence-electron chi connectivity index (χ1n) is 6.22. The molecule has 0 bridgehead atoms. The lowest BCUT2D eigenvalue weighted by molar-refractivity contribution is -0.143. The average molecular weight is 332 g/mol. The van der Waals surface area contributed by atoms with Gasteiger partial charge >= 0.3 is 5.97 Å². The quantitative estimate of drug-likeness (QED) is 0.530. The van der Waals surface area contributed by atoms with Crippen LogP contribution in [-0.2, 0) is 14.3 Å². The molecule has 1 unspecified atom stereocenters. The minimum absolute atomic E-state index is 0.0110. The van der Waals surface area contributed by atoms with E-state index in [0.29, 0.717) is 0 Å². The highest BCUT2D eigenvalue weighted by molar-refractivity contribution is 6.32. The van der Waals surface area contributed by atoms with Crippen molar-refractivity contribution in [2.24, 2.45) is 0 Å². The molecule has 0 saturated heterocycles. The first-order chi connectivity index (χ1) is 10.4. The van der Waals surface area contributed by atoms with Gasteiger partial charge < -0.3 is 19.9 Å². The monoisotopic (exact) mass is 331 g/mol. The molecule has 0 saturated carbocycles. The molecule has 1 aromatic rings. The van der Waals surface area contributed by atoms with Crippen LogP contribution in [0.15, 0.2) is 30.9 Å². The summed E-state index contributed by atoms with van der Waals surface area (Å²) in [4.78, 5) is 22.6. The maximum absolute atomic E-state index is 12.8. The molecule has 1 aromatic carbocycles. The highest BCUT2D eigenvalue weighted by Gasteiger charge is 2.20. The number of rotatable bonds is 9. The Hall–Kier alpha value is -2.12. The number of aliphatic carboxylic acids is 1. The molecule has 0 spiro atoms. The Balaban J connectivity index is 2.49. The molecule has 0 aliphatic heterocycles. The van der Waals surface area contributed by atoms with Crippen molar-refractivity contribution in [3.63, 3.8) is 0 Å². The third kappa shape index (κ3) is 6.11. The van der Waals surface area contributed by atoms with E-state index in [-0.39, 0.29) is 24.0 Å². The maximum atomic E-state index is 12.8. The topological polar surface area (TPSA) is 84.9 Å². The van der Waals surface area contributed by atoms with E-state index in [0.717, 1.165) is 12.1 Å². The van der Waals surface area contributed by atoms with Crippen molar-refractivity contribution < 1.29 is 28.6 Å². The fraction of sp³-hybridized carbons (Fsp3) is 0.286. The fourth-order valence-corrected chi connectivity index (χ4v) is 1.64. The predicted molar refractivity (Wildman–Crippen MR) is 77.5 cm³/mol. The summed E-state index contributed by atoms with van der Waals surface area (Å²) in [5.74, 6) is -2.33. The number of hydrogen-bond acceptors (Lipinski definition) is 4. The van der Waals surface area contributed by atoms with E-state index >= 15 is 0 Å². The highest BCUT2D eigenvalue weighted by Crippen LogP contribution is 2.24. The number of ether oxygens (including phenoxy) is 2. The van der Waals surface area contributed by atoms with Crippen molar-refractivity contribution >= 4 is 23.5 Å². The van der Waals surface area contributed by atoms with Crippen LogP contribution < -0.4 is 10.1 Å². The molecule has 0 aliphatic carbocycles. The predicted octanol–water partition coefficient (Wildman–Crippen LogP) is 1.63. The van der Waals surface area contributed by atoms with Crippen LogP contribution in [0.25, 0.3) is 0 Å². The molecular formula is C14H15ClFNO5. The van der Waals surface area contributed by atoms with Crippen LogP contribution in [0.3, 0.4) is 0 Å². The standard InChI is InChI=1S/C14H15ClFNO5/c1-2-5-21-7-11(14(19)20)17-13(18)8-22-12-4-3-9(16)6-10(12)15/h2-4,6,11H,1,5,7-8H2,(H,17,18)(H,19,20). The second-order valence-electron chi connectivity index (χ2n) is 4.15. The summed E-state index contributed by atoms with van der Waals surface area (Å²) in [5, 5.41) is 11.2. The van der Waals surface area contributed by atoms with Gasteiger partial charge in [0, 0.05) is 0 Å². The van der Waals surface area contributed by atoms with Gasteiger partial charge in [0.05, 0.1) is 18.2 Å². The fourth-order valence-electron chi connectivity index (χ4n) is 1.42. The summed E-state index contributed by atoms with van der Waals surface area (Å²) >= 11 is 5.73. The van der Waals surface area contributed by atoms with Crippen molar-refractivity contribution in [3.05, 3.63) is 41.7 Å². The van der Waals surface area contributed by atoms with Gasteiger partial charge in [0.1, 0.15) is 11.6 Å². The first kappa shape index (κ1) is 17.9. The smallest absolute Gasteiger partial charge is 0.328 e. The van der Waals surface area contributed by atoms with Crippen molar-refractivity contribution in [1.29, 1.82) is 0 Å². The summed E-state index contributed by atoms with van der Waals surface area (Å²) in [6.45, 7) is 2.92. The zero-order valence-corrected chi connectivity index (χ0v) is 12.3. The summed E-state index contributed by atoms with van der Waals surface area (Å²) in [7, 11) is 0. The van der Waals surface area contributed by atoms with Gasteiger partial charge in [-0.1, -0.05) is 17.7 Å². The molecule has 120 valence electrons. The SMILES string of the molecule is C=CCOCC(NC(=O)COc1ccc(F)cc1Cl)C(=O)O. The third-order valence-corrected chi connectivity index (χ3v) is 2.70. The molecule has 6 nitrogen and oxygen atoms in total. The largest absolute Gasteiger partial charge is 0.482 e. The third-order valence-electron chi connectivity index (χ3n) is 2.41. The number of carboxylic acids is 1. The van der Waals surface area contributed by atoms with Crippen molar-refractivity contribution in [3.8, 4) is 5.75 Å². The molecule has 0 aromatic heterocycles. The van der Waals surface area contributed by atoms with Crippen LogP contribution in [0, 0.1) is 5.82 Å². The number of carbonyl (C=O) groups excluding carboxylic acids is 1. The van der Waals surface area contributed by atoms with E-state index in [1.807, 2.05) is 0 Å². The molecule has 0 fully saturated rings. The number of halogens is 2. The van der Waals surface area contributed by atoms with Gasteiger partial charge in [-0.3, -0.25) is 4.79 Å². The maximum Gasteiger partial charge on any atom is 0.328 e. The zero-order chi connectivity index (χ0) is 16.5. The van der Waals surface area contributed by atoms with Crippen LogP contribution >= 0.6 is 11.6 Å². The molecule has 0 aliphatic rings. The minimum atomic E-state index is -1.24. The lowest BCUT2D eigenvalue weighted by Crippen LogP contribution is -2.45. The second-order valence-corrected chi connectivity index (χ2v) is 4.56. The number of carbonyl (C=O) groups is 2. The Morgan fingerprint density at radius 3 is 2.82 bits per heavy atom. The summed E-state index contributed by atoms with van der Waals surface area (Å²) in [6.07, 6.45) is 1.46. The Morgan fingerprint density at radius 2 is 2.23 bits per heavy atom. The number of amides is 1. The lowest BCUT2D eigenvalue weighted by atomic mass is 10.3. The van der Waals surface area contributed by atoms with Gasteiger partial charge in [-0.05, 0) is 18.2 Å². The normalized spacial score (nSPS) is 11.5. The van der Waals surface area contributed by atoms with Crippen LogP contribution in [0.4, 0.5) is 4.39 Å². The molecule has 1 rings (SSSR count). The number of carboxylic acid groups (broad SMARTS) is 1. The van der Waals surface area contributed by atoms with Crippen LogP contribution in [0.1, 0.15) is 0 Å². The van der Waals surface area contributed by atoms with Gasteiger partial charge in [-0.25, -0.2) is 9.18 Å². The average Bonchev–Trinajstić information content (AvgIpc) is 2.45. The minimum Gasteiger partial charge on any atom is -0.482 e. The molecule has 8 heteroatoms. The molecule has 0 heterocycles. The van der Waals surface area contributed by atoms with Crippen LogP contribution in [0.2, 0.25) is 5.02 Å². The zero-order valence-electron chi connectivity index (χ0n) is 11.6. The molecule has 22 heavy (non-hydrogen) atoms. The van der Waals surface area contributed by atoms with Gasteiger partial charge in [0.25, 0.3) is 5.91 Å². The number of benzene rings is 1. The van der Waals surface area contributed by atoms with Gasteiger partial charge in [0.2, 0.25) is 0 Å². The lowest BCUT2D eigenvalue weighted by Gasteiger charge is -2.15. The highest BCUT2D eigenvalue weighted by atomic mass is 35.5. The molecule has 0 radical (unpaired) electrons. The second kappa shape index (κ2) is 9.01. The van der Waals surface area contributed by atoms with Gasteiger partial charge in [0.15, 0.2) is 12.6 Å². The Bertz CT molecular complexity index is 552. The summed E-state index contributed by atoms with van der Waals surface area (Å²) in [6, 6.07) is 2.23. The summed E-state index contributed by atoms with van der Waals surface area (Å²) in [5.41, 5.74) is 0. The van der Waals surface area contributed by atoms with E-state index < -0.39 is 30.3 Å².